The summed E-state index contributed by atoms with van der Waals surface area (Å²) in [6, 6.07) is 0. The summed E-state index contributed by atoms with van der Waals surface area (Å²) in [5, 5.41) is 17.8. The Kier molecular flexibility index (Phi) is 6.45. The smallest absolute Gasteiger partial charge is 0.104 e. The van der Waals surface area contributed by atoms with Crippen molar-refractivity contribution in [1.82, 2.24) is 0 Å². The summed E-state index contributed by atoms with van der Waals surface area (Å²) in [7, 11) is 0. The van der Waals surface area contributed by atoms with Crippen molar-refractivity contribution in [2.45, 2.75) is 24.4 Å². The van der Waals surface area contributed by atoms with Gasteiger partial charge >= 0.3 is 0 Å². The second-order valence-electron chi connectivity index (χ2n) is 4.78. The first-order chi connectivity index (χ1) is 9.28. The van der Waals surface area contributed by atoms with E-state index >= 15 is 0 Å². The number of rotatable bonds is 12. The molecule has 0 bridgehead atoms. The number of aliphatic hydroxyl groups is 2. The summed E-state index contributed by atoms with van der Waals surface area (Å²) in [5.41, 5.74) is 0. The van der Waals surface area contributed by atoms with Gasteiger partial charge in [0.1, 0.15) is 24.4 Å². The van der Waals surface area contributed by atoms with Gasteiger partial charge in [-0.15, -0.1) is 0 Å². The zero-order valence-corrected chi connectivity index (χ0v) is 10.9. The first-order valence-corrected chi connectivity index (χ1v) is 6.57. The van der Waals surface area contributed by atoms with Gasteiger partial charge in [0.25, 0.3) is 0 Å². The maximum absolute atomic E-state index is 9.17. The predicted molar refractivity (Wildman–Crippen MR) is 64.0 cm³/mol. The van der Waals surface area contributed by atoms with Gasteiger partial charge in [0.2, 0.25) is 0 Å². The normalized spacial score (nSPS) is 28.1. The molecule has 0 aliphatic carbocycles. The first-order valence-electron chi connectivity index (χ1n) is 6.57. The number of hydrogen-bond acceptors (Lipinski definition) is 7. The number of aliphatic hydroxyl groups excluding tert-OH is 2. The summed E-state index contributed by atoms with van der Waals surface area (Å²) < 4.78 is 26.5. The third-order valence-electron chi connectivity index (χ3n) is 2.75. The lowest BCUT2D eigenvalue weighted by Gasteiger charge is -2.18. The summed E-state index contributed by atoms with van der Waals surface area (Å²) in [5.74, 6) is 0. The van der Waals surface area contributed by atoms with Crippen LogP contribution in [0.4, 0.5) is 0 Å². The SMILES string of the molecule is OCC(O)COCC(COCC1CO1)OCC1CO1. The van der Waals surface area contributed by atoms with Gasteiger partial charge < -0.3 is 33.9 Å². The number of ether oxygens (including phenoxy) is 5. The molecule has 2 fully saturated rings. The van der Waals surface area contributed by atoms with E-state index in [1.165, 1.54) is 0 Å². The molecule has 0 saturated carbocycles. The summed E-state index contributed by atoms with van der Waals surface area (Å²) in [6.07, 6.45) is -0.635. The molecule has 7 heteroatoms. The topological polar surface area (TPSA) is 93.2 Å². The molecule has 2 aliphatic rings. The van der Waals surface area contributed by atoms with Crippen molar-refractivity contribution in [2.75, 3.05) is 52.9 Å². The highest BCUT2D eigenvalue weighted by Crippen LogP contribution is 2.12. The molecule has 0 aromatic rings. The van der Waals surface area contributed by atoms with Gasteiger partial charge in [-0.25, -0.2) is 0 Å². The molecule has 0 amide bonds. The average Bonchev–Trinajstić information content (AvgIpc) is 3.27. The fourth-order valence-corrected chi connectivity index (χ4v) is 1.44. The van der Waals surface area contributed by atoms with E-state index in [2.05, 4.69) is 0 Å². The molecule has 0 aromatic heterocycles. The van der Waals surface area contributed by atoms with Crippen molar-refractivity contribution >= 4 is 0 Å². The van der Waals surface area contributed by atoms with Crippen molar-refractivity contribution in [2.24, 2.45) is 0 Å². The maximum atomic E-state index is 9.17. The van der Waals surface area contributed by atoms with E-state index in [1.54, 1.807) is 0 Å². The van der Waals surface area contributed by atoms with E-state index in [1.807, 2.05) is 0 Å². The third kappa shape index (κ3) is 7.17. The van der Waals surface area contributed by atoms with Crippen molar-refractivity contribution in [3.8, 4) is 0 Å². The first kappa shape index (κ1) is 15.1. The number of hydrogen-bond donors (Lipinski definition) is 2. The van der Waals surface area contributed by atoms with Crippen LogP contribution >= 0.6 is 0 Å². The van der Waals surface area contributed by atoms with Gasteiger partial charge in [0.05, 0.1) is 52.9 Å². The van der Waals surface area contributed by atoms with Gasteiger partial charge in [-0.3, -0.25) is 0 Å². The largest absolute Gasteiger partial charge is 0.394 e. The second kappa shape index (κ2) is 8.11. The Bertz CT molecular complexity index is 242. The minimum absolute atomic E-state index is 0.0853. The van der Waals surface area contributed by atoms with E-state index in [0.29, 0.717) is 26.4 Å². The minimum atomic E-state index is -0.854. The van der Waals surface area contributed by atoms with Gasteiger partial charge in [0.15, 0.2) is 0 Å². The lowest BCUT2D eigenvalue weighted by molar-refractivity contribution is -0.0796. The molecule has 0 spiro atoms. The third-order valence-corrected chi connectivity index (χ3v) is 2.75. The number of epoxide rings is 2. The van der Waals surface area contributed by atoms with E-state index < -0.39 is 6.10 Å². The van der Waals surface area contributed by atoms with Crippen molar-refractivity contribution in [3.63, 3.8) is 0 Å². The van der Waals surface area contributed by atoms with Crippen LogP contribution in [0, 0.1) is 0 Å². The van der Waals surface area contributed by atoms with E-state index in [9.17, 15) is 5.11 Å². The standard InChI is InChI=1S/C12H22O7/c13-1-9(14)2-15-3-10(17-7-12-8-19-12)4-16-5-11-6-18-11/h9-14H,1-8H2. The molecule has 2 heterocycles. The molecule has 0 radical (unpaired) electrons. The van der Waals surface area contributed by atoms with Crippen LogP contribution < -0.4 is 0 Å². The quantitative estimate of drug-likeness (QED) is 0.422. The van der Waals surface area contributed by atoms with Gasteiger partial charge in [0, 0.05) is 0 Å². The lowest BCUT2D eigenvalue weighted by Crippen LogP contribution is -2.30. The van der Waals surface area contributed by atoms with Crippen molar-refractivity contribution in [1.29, 1.82) is 0 Å². The predicted octanol–water partition coefficient (Wildman–Crippen LogP) is -1.44. The van der Waals surface area contributed by atoms with Gasteiger partial charge in [-0.2, -0.15) is 0 Å². The van der Waals surface area contributed by atoms with Crippen LogP contribution in [0.15, 0.2) is 0 Å². The Morgan fingerprint density at radius 1 is 1.00 bits per heavy atom. The van der Waals surface area contributed by atoms with Crippen LogP contribution in [0.3, 0.4) is 0 Å². The molecule has 19 heavy (non-hydrogen) atoms. The highest BCUT2D eigenvalue weighted by atomic mass is 16.6. The Balaban J connectivity index is 1.56. The lowest BCUT2D eigenvalue weighted by atomic mass is 10.3. The molecule has 2 saturated heterocycles. The minimum Gasteiger partial charge on any atom is -0.394 e. The zero-order chi connectivity index (χ0) is 13.5. The summed E-state index contributed by atoms with van der Waals surface area (Å²) >= 11 is 0. The average molecular weight is 278 g/mol. The van der Waals surface area contributed by atoms with Crippen LogP contribution in [0.1, 0.15) is 0 Å². The molecular formula is C12H22O7. The fourth-order valence-electron chi connectivity index (χ4n) is 1.44. The van der Waals surface area contributed by atoms with Crippen LogP contribution in [-0.4, -0.2) is 87.5 Å². The fraction of sp³-hybridized carbons (Fsp3) is 1.00. The van der Waals surface area contributed by atoms with Gasteiger partial charge in [-0.1, -0.05) is 0 Å². The van der Waals surface area contributed by atoms with Crippen LogP contribution in [0.2, 0.25) is 0 Å². The molecule has 2 rings (SSSR count). The van der Waals surface area contributed by atoms with Gasteiger partial charge in [-0.05, 0) is 0 Å². The maximum Gasteiger partial charge on any atom is 0.104 e. The molecule has 2 aliphatic heterocycles. The Morgan fingerprint density at radius 3 is 2.26 bits per heavy atom. The summed E-state index contributed by atoms with van der Waals surface area (Å²) in [6.45, 7) is 3.11. The van der Waals surface area contributed by atoms with Crippen molar-refractivity contribution in [3.05, 3.63) is 0 Å². The highest BCUT2D eigenvalue weighted by molar-refractivity contribution is 4.70. The second-order valence-corrected chi connectivity index (χ2v) is 4.78. The Hall–Kier alpha value is -0.280. The van der Waals surface area contributed by atoms with Crippen LogP contribution in [0.5, 0.6) is 0 Å². The Labute approximate surface area is 112 Å². The zero-order valence-electron chi connectivity index (χ0n) is 10.9. The molecular weight excluding hydrogens is 256 g/mol. The molecule has 7 nitrogen and oxygen atoms in total. The van der Waals surface area contributed by atoms with Crippen LogP contribution in [0.25, 0.3) is 0 Å². The van der Waals surface area contributed by atoms with E-state index in [4.69, 9.17) is 28.8 Å². The van der Waals surface area contributed by atoms with Crippen molar-refractivity contribution < 1.29 is 33.9 Å². The molecule has 4 unspecified atom stereocenters. The monoisotopic (exact) mass is 278 g/mol. The molecule has 2 N–H and O–H groups in total. The van der Waals surface area contributed by atoms with Crippen LogP contribution in [-0.2, 0) is 23.7 Å². The van der Waals surface area contributed by atoms with E-state index in [-0.39, 0.29) is 31.5 Å². The van der Waals surface area contributed by atoms with E-state index in [0.717, 1.165) is 13.2 Å². The molecule has 4 atom stereocenters. The summed E-state index contributed by atoms with van der Waals surface area (Å²) in [4.78, 5) is 0. The highest BCUT2D eigenvalue weighted by Gasteiger charge is 2.26. The molecule has 112 valence electrons. The molecule has 0 aromatic carbocycles. The Morgan fingerprint density at radius 2 is 1.63 bits per heavy atom.